The van der Waals surface area contributed by atoms with Crippen molar-refractivity contribution in [2.24, 2.45) is 17.3 Å². The van der Waals surface area contributed by atoms with Gasteiger partial charge in [0.2, 0.25) is 5.91 Å². The average Bonchev–Trinajstić information content (AvgIpc) is 3.24. The number of aromatic amines is 1. The number of likely N-dealkylation sites (tertiary alicyclic amines) is 2. The minimum atomic E-state index is -0.709. The highest BCUT2D eigenvalue weighted by atomic mass is 16.4. The van der Waals surface area contributed by atoms with Gasteiger partial charge in [-0.25, -0.2) is 0 Å². The summed E-state index contributed by atoms with van der Waals surface area (Å²) >= 11 is 0. The molecule has 3 heterocycles. The number of carboxylic acids is 1. The van der Waals surface area contributed by atoms with Gasteiger partial charge in [-0.1, -0.05) is 20.3 Å². The van der Waals surface area contributed by atoms with Gasteiger partial charge in [-0.2, -0.15) is 5.10 Å². The summed E-state index contributed by atoms with van der Waals surface area (Å²) in [6.45, 7) is 7.76. The molecule has 2 fully saturated rings. The van der Waals surface area contributed by atoms with Gasteiger partial charge in [0.1, 0.15) is 0 Å². The highest BCUT2D eigenvalue weighted by molar-refractivity contribution is 5.76. The maximum atomic E-state index is 12.5. The molecule has 2 aliphatic rings. The first-order valence-electron chi connectivity index (χ1n) is 10.1. The van der Waals surface area contributed by atoms with E-state index in [9.17, 15) is 14.7 Å². The Morgan fingerprint density at radius 2 is 2.11 bits per heavy atom. The summed E-state index contributed by atoms with van der Waals surface area (Å²) in [6, 6.07) is 1.93. The number of piperidine rings is 1. The maximum Gasteiger partial charge on any atom is 0.308 e. The van der Waals surface area contributed by atoms with Gasteiger partial charge in [-0.3, -0.25) is 19.6 Å². The second-order valence-electron chi connectivity index (χ2n) is 8.67. The van der Waals surface area contributed by atoms with Gasteiger partial charge in [0.25, 0.3) is 0 Å². The van der Waals surface area contributed by atoms with Crippen LogP contribution in [-0.4, -0.2) is 63.2 Å². The molecule has 0 saturated carbocycles. The SMILES string of the molecule is CC(C)CCCC(=O)N1CCC2(CC1)CN(Cc1ccn[nH]1)CC2C(=O)O. The Morgan fingerprint density at radius 1 is 1.37 bits per heavy atom. The van der Waals surface area contributed by atoms with Crippen molar-refractivity contribution in [1.29, 1.82) is 0 Å². The molecule has 2 N–H and O–H groups in total. The number of nitrogens with one attached hydrogen (secondary N) is 1. The molecule has 1 atom stereocenters. The molecular weight excluding hydrogens is 344 g/mol. The molecule has 1 aromatic heterocycles. The lowest BCUT2D eigenvalue weighted by atomic mass is 9.71. The predicted molar refractivity (Wildman–Crippen MR) is 102 cm³/mol. The van der Waals surface area contributed by atoms with Gasteiger partial charge < -0.3 is 10.0 Å². The third kappa shape index (κ3) is 4.69. The van der Waals surface area contributed by atoms with Crippen molar-refractivity contribution in [2.75, 3.05) is 26.2 Å². The molecule has 0 bridgehead atoms. The van der Waals surface area contributed by atoms with Crippen molar-refractivity contribution in [3.8, 4) is 0 Å². The largest absolute Gasteiger partial charge is 0.481 e. The lowest BCUT2D eigenvalue weighted by Crippen LogP contribution is -2.47. The number of hydrogen-bond acceptors (Lipinski definition) is 4. The predicted octanol–water partition coefficient (Wildman–Crippen LogP) is 2.36. The molecule has 7 nitrogen and oxygen atoms in total. The Labute approximate surface area is 161 Å². The number of amides is 1. The smallest absolute Gasteiger partial charge is 0.308 e. The van der Waals surface area contributed by atoms with E-state index < -0.39 is 5.97 Å². The van der Waals surface area contributed by atoms with Crippen LogP contribution in [0.25, 0.3) is 0 Å². The number of aromatic nitrogens is 2. The Balaban J connectivity index is 1.57. The number of carbonyl (C=O) groups excluding carboxylic acids is 1. The fraction of sp³-hybridized carbons (Fsp3) is 0.750. The van der Waals surface area contributed by atoms with Crippen LogP contribution in [0.2, 0.25) is 0 Å². The molecule has 0 aliphatic carbocycles. The Kier molecular flexibility index (Phi) is 6.19. The molecule has 2 saturated heterocycles. The summed E-state index contributed by atoms with van der Waals surface area (Å²) < 4.78 is 0. The number of nitrogens with zero attached hydrogens (tertiary/aromatic N) is 3. The number of carboxylic acid groups (broad SMARTS) is 1. The number of hydrogen-bond donors (Lipinski definition) is 2. The molecule has 1 aromatic rings. The maximum absolute atomic E-state index is 12.5. The fourth-order valence-corrected chi connectivity index (χ4v) is 4.67. The van der Waals surface area contributed by atoms with Crippen LogP contribution >= 0.6 is 0 Å². The molecule has 150 valence electrons. The molecule has 0 radical (unpaired) electrons. The van der Waals surface area contributed by atoms with Crippen molar-refractivity contribution in [1.82, 2.24) is 20.0 Å². The molecule has 7 heteroatoms. The zero-order valence-electron chi connectivity index (χ0n) is 16.5. The molecule has 3 rings (SSSR count). The van der Waals surface area contributed by atoms with Crippen LogP contribution in [-0.2, 0) is 16.1 Å². The van der Waals surface area contributed by atoms with Crippen LogP contribution in [0.5, 0.6) is 0 Å². The van der Waals surface area contributed by atoms with E-state index in [1.165, 1.54) is 0 Å². The van der Waals surface area contributed by atoms with Crippen LogP contribution in [0.3, 0.4) is 0 Å². The van der Waals surface area contributed by atoms with Crippen LogP contribution in [0.4, 0.5) is 0 Å². The number of carbonyl (C=O) groups is 2. The molecular formula is C20H32N4O3. The lowest BCUT2D eigenvalue weighted by molar-refractivity contribution is -0.146. The zero-order chi connectivity index (χ0) is 19.4. The van der Waals surface area contributed by atoms with E-state index in [-0.39, 0.29) is 17.2 Å². The highest BCUT2D eigenvalue weighted by Crippen LogP contribution is 2.45. The van der Waals surface area contributed by atoms with E-state index in [4.69, 9.17) is 0 Å². The molecule has 1 spiro atoms. The molecule has 1 unspecified atom stereocenters. The first-order valence-corrected chi connectivity index (χ1v) is 10.1. The van der Waals surface area contributed by atoms with Crippen molar-refractivity contribution < 1.29 is 14.7 Å². The minimum Gasteiger partial charge on any atom is -0.481 e. The second kappa shape index (κ2) is 8.42. The second-order valence-corrected chi connectivity index (χ2v) is 8.67. The van der Waals surface area contributed by atoms with Crippen LogP contribution < -0.4 is 0 Å². The monoisotopic (exact) mass is 376 g/mol. The van der Waals surface area contributed by atoms with Crippen LogP contribution in [0, 0.1) is 17.3 Å². The fourth-order valence-electron chi connectivity index (χ4n) is 4.67. The van der Waals surface area contributed by atoms with Gasteiger partial charge in [0, 0.05) is 56.5 Å². The van der Waals surface area contributed by atoms with E-state index in [1.807, 2.05) is 11.0 Å². The van der Waals surface area contributed by atoms with Gasteiger partial charge in [-0.05, 0) is 31.2 Å². The summed E-state index contributed by atoms with van der Waals surface area (Å²) in [5, 5.41) is 16.7. The van der Waals surface area contributed by atoms with Gasteiger partial charge in [0.05, 0.1) is 5.92 Å². The topological polar surface area (TPSA) is 89.5 Å². The van der Waals surface area contributed by atoms with Crippen LogP contribution in [0.15, 0.2) is 12.3 Å². The molecule has 27 heavy (non-hydrogen) atoms. The number of aliphatic carboxylic acids is 1. The van der Waals surface area contributed by atoms with E-state index in [0.29, 0.717) is 38.5 Å². The highest BCUT2D eigenvalue weighted by Gasteiger charge is 2.51. The van der Waals surface area contributed by atoms with Crippen molar-refractivity contribution in [2.45, 2.75) is 52.5 Å². The zero-order valence-corrected chi connectivity index (χ0v) is 16.5. The summed E-state index contributed by atoms with van der Waals surface area (Å²) in [5.41, 5.74) is 0.787. The first kappa shape index (κ1) is 19.9. The molecule has 1 amide bonds. The van der Waals surface area contributed by atoms with Crippen molar-refractivity contribution in [3.63, 3.8) is 0 Å². The van der Waals surface area contributed by atoms with Crippen LogP contribution in [0.1, 0.15) is 51.6 Å². The quantitative estimate of drug-likeness (QED) is 0.762. The van der Waals surface area contributed by atoms with Crippen molar-refractivity contribution in [3.05, 3.63) is 18.0 Å². The standard InChI is InChI=1S/C20H32N4O3/c1-15(2)4-3-5-18(25)24-10-7-20(8-11-24)14-23(13-17(20)19(26)27)12-16-6-9-21-22-16/h6,9,15,17H,3-5,7-8,10-14H2,1-2H3,(H,21,22)(H,26,27). The summed E-state index contributed by atoms with van der Waals surface area (Å²) in [6.07, 6.45) is 5.90. The lowest BCUT2D eigenvalue weighted by Gasteiger charge is -2.41. The Morgan fingerprint density at radius 3 is 2.70 bits per heavy atom. The van der Waals surface area contributed by atoms with Gasteiger partial charge in [-0.15, -0.1) is 0 Å². The third-order valence-electron chi connectivity index (χ3n) is 6.25. The first-order chi connectivity index (χ1) is 12.9. The Hall–Kier alpha value is -1.89. The van der Waals surface area contributed by atoms with Gasteiger partial charge in [0.15, 0.2) is 0 Å². The number of H-pyrrole nitrogens is 1. The summed E-state index contributed by atoms with van der Waals surface area (Å²) in [7, 11) is 0. The van der Waals surface area contributed by atoms with E-state index in [2.05, 4.69) is 28.9 Å². The molecule has 2 aliphatic heterocycles. The molecule has 0 aromatic carbocycles. The summed E-state index contributed by atoms with van der Waals surface area (Å²) in [5.74, 6) is -0.222. The summed E-state index contributed by atoms with van der Waals surface area (Å²) in [4.78, 5) is 28.5. The average molecular weight is 377 g/mol. The minimum absolute atomic E-state index is 0.222. The van der Waals surface area contributed by atoms with E-state index in [0.717, 1.165) is 37.9 Å². The van der Waals surface area contributed by atoms with Gasteiger partial charge >= 0.3 is 5.97 Å². The van der Waals surface area contributed by atoms with E-state index >= 15 is 0 Å². The number of rotatable bonds is 7. The normalized spacial score (nSPS) is 22.6. The van der Waals surface area contributed by atoms with E-state index in [1.54, 1.807) is 6.20 Å². The third-order valence-corrected chi connectivity index (χ3v) is 6.25. The van der Waals surface area contributed by atoms with Crippen molar-refractivity contribution >= 4 is 11.9 Å². The Bertz CT molecular complexity index is 636.